The summed E-state index contributed by atoms with van der Waals surface area (Å²) in [4.78, 5) is 11.7. The van der Waals surface area contributed by atoms with Crippen LogP contribution in [-0.4, -0.2) is 23.7 Å². The van der Waals surface area contributed by atoms with Gasteiger partial charge < -0.3 is 4.74 Å². The Kier molecular flexibility index (Phi) is 2.91. The zero-order chi connectivity index (χ0) is 11.0. The lowest BCUT2D eigenvalue weighted by atomic mass is 9.86. The molecule has 1 N–H and O–H groups in total. The Labute approximate surface area is 86.2 Å². The molecule has 1 heterocycles. The van der Waals surface area contributed by atoms with Gasteiger partial charge in [-0.15, -0.1) is 0 Å². The van der Waals surface area contributed by atoms with E-state index in [0.29, 0.717) is 12.5 Å². The normalized spacial score (nSPS) is 31.7. The van der Waals surface area contributed by atoms with E-state index in [-0.39, 0.29) is 11.5 Å². The van der Waals surface area contributed by atoms with Gasteiger partial charge in [-0.1, -0.05) is 13.8 Å². The van der Waals surface area contributed by atoms with Crippen molar-refractivity contribution in [2.24, 2.45) is 5.92 Å². The van der Waals surface area contributed by atoms with E-state index in [1.54, 1.807) is 0 Å². The van der Waals surface area contributed by atoms with Gasteiger partial charge in [0.15, 0.2) is 0 Å². The third kappa shape index (κ3) is 2.47. The average molecular weight is 199 g/mol. The fraction of sp³-hybridized carbons (Fsp3) is 0.909. The van der Waals surface area contributed by atoms with Crippen molar-refractivity contribution in [3.8, 4) is 0 Å². The first-order valence-electron chi connectivity index (χ1n) is 5.22. The van der Waals surface area contributed by atoms with E-state index in [2.05, 4.69) is 33.0 Å². The molecule has 0 saturated carbocycles. The second kappa shape index (κ2) is 3.54. The molecule has 1 atom stereocenters. The highest BCUT2D eigenvalue weighted by molar-refractivity contribution is 5.81. The van der Waals surface area contributed by atoms with Crippen LogP contribution in [0.5, 0.6) is 0 Å². The summed E-state index contributed by atoms with van der Waals surface area (Å²) < 4.78 is 5.21. The third-order valence-corrected chi connectivity index (χ3v) is 2.45. The van der Waals surface area contributed by atoms with Crippen molar-refractivity contribution in [3.63, 3.8) is 0 Å². The van der Waals surface area contributed by atoms with Crippen LogP contribution in [0.2, 0.25) is 0 Å². The zero-order valence-corrected chi connectivity index (χ0v) is 9.81. The number of rotatable bonds is 2. The van der Waals surface area contributed by atoms with Crippen molar-refractivity contribution in [1.82, 2.24) is 5.32 Å². The molecule has 0 aliphatic carbocycles. The summed E-state index contributed by atoms with van der Waals surface area (Å²) in [5, 5.41) is 3.38. The molecule has 0 aromatic rings. The molecule has 3 nitrogen and oxygen atoms in total. The molecule has 1 unspecified atom stereocenters. The number of carbonyl (C=O) groups is 1. The molecule has 0 amide bonds. The Bertz CT molecular complexity index is 235. The Morgan fingerprint density at radius 2 is 2.00 bits per heavy atom. The quantitative estimate of drug-likeness (QED) is 0.688. The first-order valence-corrected chi connectivity index (χ1v) is 5.22. The highest BCUT2D eigenvalue weighted by Crippen LogP contribution is 2.25. The highest BCUT2D eigenvalue weighted by Gasteiger charge is 2.44. The molecule has 1 aliphatic heterocycles. The van der Waals surface area contributed by atoms with Crippen LogP contribution < -0.4 is 5.32 Å². The molecule has 1 rings (SSSR count). The number of hydrogen-bond acceptors (Lipinski definition) is 3. The van der Waals surface area contributed by atoms with Gasteiger partial charge in [-0.3, -0.25) is 10.1 Å². The molecule has 0 aromatic heterocycles. The predicted molar refractivity (Wildman–Crippen MR) is 56.0 cm³/mol. The van der Waals surface area contributed by atoms with E-state index in [1.807, 2.05) is 6.92 Å². The van der Waals surface area contributed by atoms with Crippen molar-refractivity contribution in [2.75, 3.05) is 6.61 Å². The summed E-state index contributed by atoms with van der Waals surface area (Å²) in [6, 6.07) is 0. The summed E-state index contributed by atoms with van der Waals surface area (Å²) in [5.74, 6) is 0.361. The topological polar surface area (TPSA) is 38.3 Å². The van der Waals surface area contributed by atoms with Crippen LogP contribution in [0, 0.1) is 5.92 Å². The lowest BCUT2D eigenvalue weighted by molar-refractivity contribution is -0.162. The number of ether oxygens (including phenoxy) is 1. The first-order chi connectivity index (χ1) is 6.25. The summed E-state index contributed by atoms with van der Waals surface area (Å²) in [6.07, 6.45) is 0.815. The molecule has 3 heteroatoms. The van der Waals surface area contributed by atoms with Crippen LogP contribution in [0.1, 0.15) is 41.0 Å². The molecule has 0 spiro atoms. The largest absolute Gasteiger partial charge is 0.462 e. The molecule has 0 bridgehead atoms. The van der Waals surface area contributed by atoms with Crippen LogP contribution in [0.15, 0.2) is 0 Å². The number of esters is 1. The zero-order valence-electron chi connectivity index (χ0n) is 9.81. The predicted octanol–water partition coefficient (Wildman–Crippen LogP) is 1.72. The van der Waals surface area contributed by atoms with Crippen molar-refractivity contribution in [1.29, 1.82) is 0 Å². The summed E-state index contributed by atoms with van der Waals surface area (Å²) >= 11 is 0. The standard InChI is InChI=1S/C11H21NO2/c1-8(2)6-11(5)9(13)14-7-10(3,4)12-11/h8,12H,6-7H2,1-5H3. The van der Waals surface area contributed by atoms with E-state index in [4.69, 9.17) is 4.74 Å². The van der Waals surface area contributed by atoms with Crippen molar-refractivity contribution >= 4 is 5.97 Å². The van der Waals surface area contributed by atoms with E-state index in [1.165, 1.54) is 0 Å². The minimum Gasteiger partial charge on any atom is -0.462 e. The van der Waals surface area contributed by atoms with E-state index < -0.39 is 5.54 Å². The SMILES string of the molecule is CC(C)CC1(C)NC(C)(C)COC1=O. The van der Waals surface area contributed by atoms with Crippen molar-refractivity contribution < 1.29 is 9.53 Å². The van der Waals surface area contributed by atoms with Crippen LogP contribution in [0.3, 0.4) is 0 Å². The van der Waals surface area contributed by atoms with Crippen molar-refractivity contribution in [2.45, 2.75) is 52.1 Å². The van der Waals surface area contributed by atoms with Gasteiger partial charge in [-0.25, -0.2) is 0 Å². The van der Waals surface area contributed by atoms with Gasteiger partial charge in [0.2, 0.25) is 0 Å². The van der Waals surface area contributed by atoms with Crippen LogP contribution in [0.4, 0.5) is 0 Å². The van der Waals surface area contributed by atoms with Crippen molar-refractivity contribution in [3.05, 3.63) is 0 Å². The molecule has 82 valence electrons. The highest BCUT2D eigenvalue weighted by atomic mass is 16.5. The maximum Gasteiger partial charge on any atom is 0.326 e. The van der Waals surface area contributed by atoms with Gasteiger partial charge in [0.05, 0.1) is 0 Å². The molecular formula is C11H21NO2. The minimum absolute atomic E-state index is 0.114. The summed E-state index contributed by atoms with van der Waals surface area (Å²) in [7, 11) is 0. The maximum atomic E-state index is 11.7. The average Bonchev–Trinajstić information content (AvgIpc) is 1.95. The first kappa shape index (κ1) is 11.5. The number of cyclic esters (lactones) is 1. The molecule has 1 fully saturated rings. The van der Waals surface area contributed by atoms with E-state index >= 15 is 0 Å². The number of nitrogens with one attached hydrogen (secondary N) is 1. The summed E-state index contributed by atoms with van der Waals surface area (Å²) in [6.45, 7) is 10.7. The molecule has 0 radical (unpaired) electrons. The van der Waals surface area contributed by atoms with Crippen LogP contribution >= 0.6 is 0 Å². The molecule has 0 aromatic carbocycles. The fourth-order valence-electron chi connectivity index (χ4n) is 2.19. The third-order valence-electron chi connectivity index (χ3n) is 2.45. The number of hydrogen-bond donors (Lipinski definition) is 1. The Hall–Kier alpha value is -0.570. The minimum atomic E-state index is -0.518. The lowest BCUT2D eigenvalue weighted by Crippen LogP contribution is -2.65. The Balaban J connectivity index is 2.77. The Morgan fingerprint density at radius 1 is 1.43 bits per heavy atom. The van der Waals surface area contributed by atoms with E-state index in [0.717, 1.165) is 6.42 Å². The second-order valence-corrected chi connectivity index (χ2v) is 5.52. The van der Waals surface area contributed by atoms with Crippen LogP contribution in [0.25, 0.3) is 0 Å². The van der Waals surface area contributed by atoms with Gasteiger partial charge in [0.25, 0.3) is 0 Å². The lowest BCUT2D eigenvalue weighted by Gasteiger charge is -2.43. The van der Waals surface area contributed by atoms with Crippen LogP contribution in [-0.2, 0) is 9.53 Å². The molecular weight excluding hydrogens is 178 g/mol. The second-order valence-electron chi connectivity index (χ2n) is 5.52. The van der Waals surface area contributed by atoms with Gasteiger partial charge in [-0.05, 0) is 33.1 Å². The molecule has 1 saturated heterocycles. The van der Waals surface area contributed by atoms with Gasteiger partial charge in [0.1, 0.15) is 12.1 Å². The smallest absolute Gasteiger partial charge is 0.326 e. The maximum absolute atomic E-state index is 11.7. The van der Waals surface area contributed by atoms with Gasteiger partial charge >= 0.3 is 5.97 Å². The van der Waals surface area contributed by atoms with Gasteiger partial charge in [-0.2, -0.15) is 0 Å². The molecule has 1 aliphatic rings. The Morgan fingerprint density at radius 3 is 2.50 bits per heavy atom. The monoisotopic (exact) mass is 199 g/mol. The fourth-order valence-corrected chi connectivity index (χ4v) is 2.19. The molecule has 14 heavy (non-hydrogen) atoms. The van der Waals surface area contributed by atoms with Gasteiger partial charge in [0, 0.05) is 5.54 Å². The van der Waals surface area contributed by atoms with E-state index in [9.17, 15) is 4.79 Å². The number of carbonyl (C=O) groups excluding carboxylic acids is 1. The summed E-state index contributed by atoms with van der Waals surface area (Å²) in [5.41, 5.74) is -0.631. The number of morpholine rings is 1.